The minimum Gasteiger partial charge on any atom is -0.491 e. The van der Waals surface area contributed by atoms with Gasteiger partial charge in [0.2, 0.25) is 17.6 Å². The average Bonchev–Trinajstić information content (AvgIpc) is 2.79. The Morgan fingerprint density at radius 1 is 1.37 bits per heavy atom. The molecular weight excluding hydrogens is 246 g/mol. The van der Waals surface area contributed by atoms with E-state index in [-0.39, 0.29) is 5.91 Å². The predicted molar refractivity (Wildman–Crippen MR) is 68.0 cm³/mol. The molecule has 3 rings (SSSR count). The van der Waals surface area contributed by atoms with Gasteiger partial charge in [-0.05, 0) is 18.2 Å². The van der Waals surface area contributed by atoms with Crippen LogP contribution >= 0.6 is 0 Å². The van der Waals surface area contributed by atoms with Crippen LogP contribution in [0.5, 0.6) is 5.75 Å². The molecule has 2 heterocycles. The number of carbonyl (C=O) groups excluding carboxylic acids is 1. The molecule has 0 atom stereocenters. The number of amides is 1. The summed E-state index contributed by atoms with van der Waals surface area (Å²) in [7, 11) is 1.74. The molecule has 0 unspecified atom stereocenters. The number of hydrogen-bond donors (Lipinski definition) is 0. The average molecular weight is 259 g/mol. The van der Waals surface area contributed by atoms with Crippen molar-refractivity contribution in [3.63, 3.8) is 0 Å². The number of aromatic nitrogens is 2. The molecule has 0 bridgehead atoms. The van der Waals surface area contributed by atoms with Crippen LogP contribution in [0.15, 0.2) is 22.7 Å². The Balaban J connectivity index is 2.07. The van der Waals surface area contributed by atoms with E-state index in [0.29, 0.717) is 30.5 Å². The van der Waals surface area contributed by atoms with E-state index >= 15 is 0 Å². The van der Waals surface area contributed by atoms with E-state index in [9.17, 15) is 4.79 Å². The Morgan fingerprint density at radius 2 is 2.21 bits per heavy atom. The summed E-state index contributed by atoms with van der Waals surface area (Å²) in [5.41, 5.74) is 1.52. The molecule has 1 aliphatic heterocycles. The van der Waals surface area contributed by atoms with Gasteiger partial charge in [0.05, 0.1) is 18.7 Å². The molecule has 0 N–H and O–H groups in total. The summed E-state index contributed by atoms with van der Waals surface area (Å²) in [6.45, 7) is 2.13. The zero-order valence-electron chi connectivity index (χ0n) is 10.7. The third kappa shape index (κ3) is 2.05. The number of anilines is 1. The molecule has 0 saturated heterocycles. The van der Waals surface area contributed by atoms with Crippen molar-refractivity contribution < 1.29 is 14.1 Å². The van der Waals surface area contributed by atoms with Crippen molar-refractivity contribution in [3.05, 3.63) is 24.1 Å². The third-order valence-corrected chi connectivity index (χ3v) is 3.05. The summed E-state index contributed by atoms with van der Waals surface area (Å²) in [6.07, 6.45) is 0.377. The second-order valence-corrected chi connectivity index (χ2v) is 4.37. The summed E-state index contributed by atoms with van der Waals surface area (Å²) in [4.78, 5) is 17.6. The lowest BCUT2D eigenvalue weighted by molar-refractivity contribution is -0.118. The van der Waals surface area contributed by atoms with E-state index in [1.807, 2.05) is 18.2 Å². The standard InChI is InChI=1S/C13H13N3O3/c1-8-14-13(15-19-8)9-3-4-11-10(7-9)16(2)12(17)5-6-18-11/h3-4,7H,5-6H2,1-2H3. The van der Waals surface area contributed by atoms with Crippen LogP contribution in [0.4, 0.5) is 5.69 Å². The number of hydrogen-bond acceptors (Lipinski definition) is 5. The number of nitrogens with zero attached hydrogens (tertiary/aromatic N) is 3. The summed E-state index contributed by atoms with van der Waals surface area (Å²) >= 11 is 0. The van der Waals surface area contributed by atoms with Gasteiger partial charge in [-0.25, -0.2) is 0 Å². The van der Waals surface area contributed by atoms with Crippen molar-refractivity contribution in [3.8, 4) is 17.1 Å². The lowest BCUT2D eigenvalue weighted by Crippen LogP contribution is -2.25. The highest BCUT2D eigenvalue weighted by atomic mass is 16.5. The maximum absolute atomic E-state index is 11.8. The van der Waals surface area contributed by atoms with Crippen molar-refractivity contribution in [1.82, 2.24) is 10.1 Å². The highest BCUT2D eigenvalue weighted by molar-refractivity contribution is 5.95. The highest BCUT2D eigenvalue weighted by Gasteiger charge is 2.21. The molecule has 0 saturated carbocycles. The lowest BCUT2D eigenvalue weighted by atomic mass is 10.1. The molecule has 0 aliphatic carbocycles. The Kier molecular flexibility index (Phi) is 2.70. The Bertz CT molecular complexity index is 636. The fourth-order valence-electron chi connectivity index (χ4n) is 2.01. The topological polar surface area (TPSA) is 68.5 Å². The van der Waals surface area contributed by atoms with Gasteiger partial charge < -0.3 is 14.2 Å². The van der Waals surface area contributed by atoms with Crippen LogP contribution in [-0.4, -0.2) is 29.7 Å². The van der Waals surface area contributed by atoms with E-state index in [2.05, 4.69) is 10.1 Å². The van der Waals surface area contributed by atoms with Gasteiger partial charge in [-0.15, -0.1) is 0 Å². The fourth-order valence-corrected chi connectivity index (χ4v) is 2.01. The smallest absolute Gasteiger partial charge is 0.230 e. The van der Waals surface area contributed by atoms with Crippen molar-refractivity contribution in [1.29, 1.82) is 0 Å². The van der Waals surface area contributed by atoms with E-state index in [1.54, 1.807) is 18.9 Å². The van der Waals surface area contributed by atoms with Crippen molar-refractivity contribution >= 4 is 11.6 Å². The number of benzene rings is 1. The molecule has 1 aromatic heterocycles. The molecule has 1 aliphatic rings. The van der Waals surface area contributed by atoms with Crippen molar-refractivity contribution in [2.75, 3.05) is 18.6 Å². The number of rotatable bonds is 1. The molecule has 0 radical (unpaired) electrons. The van der Waals surface area contributed by atoms with Crippen molar-refractivity contribution in [2.45, 2.75) is 13.3 Å². The largest absolute Gasteiger partial charge is 0.491 e. The summed E-state index contributed by atoms with van der Waals surface area (Å²) < 4.78 is 10.5. The normalized spacial score (nSPS) is 14.8. The third-order valence-electron chi connectivity index (χ3n) is 3.05. The Morgan fingerprint density at radius 3 is 2.95 bits per heavy atom. The van der Waals surface area contributed by atoms with E-state index in [0.717, 1.165) is 11.3 Å². The van der Waals surface area contributed by atoms with E-state index in [1.165, 1.54) is 0 Å². The lowest BCUT2D eigenvalue weighted by Gasteiger charge is -2.16. The second kappa shape index (κ2) is 4.38. The molecule has 6 heteroatoms. The summed E-state index contributed by atoms with van der Waals surface area (Å²) in [6, 6.07) is 5.51. The van der Waals surface area contributed by atoms with Gasteiger partial charge in [0, 0.05) is 19.5 Å². The SMILES string of the molecule is Cc1nc(-c2ccc3c(c2)N(C)C(=O)CCO3)no1. The first-order valence-electron chi connectivity index (χ1n) is 5.99. The predicted octanol–water partition coefficient (Wildman–Crippen LogP) is 1.79. The first-order valence-corrected chi connectivity index (χ1v) is 5.99. The van der Waals surface area contributed by atoms with Gasteiger partial charge in [-0.3, -0.25) is 4.79 Å². The molecule has 1 amide bonds. The highest BCUT2D eigenvalue weighted by Crippen LogP contribution is 2.34. The molecule has 0 spiro atoms. The molecule has 19 heavy (non-hydrogen) atoms. The van der Waals surface area contributed by atoms with Gasteiger partial charge in [0.15, 0.2) is 0 Å². The first-order chi connectivity index (χ1) is 9.15. The minimum absolute atomic E-state index is 0.0280. The fraction of sp³-hybridized carbons (Fsp3) is 0.308. The molecular formula is C13H13N3O3. The zero-order valence-corrected chi connectivity index (χ0v) is 10.7. The molecule has 1 aromatic carbocycles. The van der Waals surface area contributed by atoms with Gasteiger partial charge in [0.1, 0.15) is 5.75 Å². The van der Waals surface area contributed by atoms with Crippen molar-refractivity contribution in [2.24, 2.45) is 0 Å². The maximum atomic E-state index is 11.8. The molecule has 2 aromatic rings. The molecule has 6 nitrogen and oxygen atoms in total. The van der Waals surface area contributed by atoms with Gasteiger partial charge in [-0.2, -0.15) is 4.98 Å². The molecule has 98 valence electrons. The number of aryl methyl sites for hydroxylation is 1. The van der Waals surface area contributed by atoms with Crippen LogP contribution < -0.4 is 9.64 Å². The van der Waals surface area contributed by atoms with E-state index in [4.69, 9.17) is 9.26 Å². The number of fused-ring (bicyclic) bond motifs is 1. The van der Waals surface area contributed by atoms with Crippen LogP contribution in [0.3, 0.4) is 0 Å². The summed E-state index contributed by atoms with van der Waals surface area (Å²) in [5.74, 6) is 1.73. The summed E-state index contributed by atoms with van der Waals surface area (Å²) in [5, 5.41) is 3.87. The van der Waals surface area contributed by atoms with Crippen LogP contribution in [0.25, 0.3) is 11.4 Å². The number of carbonyl (C=O) groups is 1. The zero-order chi connectivity index (χ0) is 13.4. The van der Waals surface area contributed by atoms with Gasteiger partial charge >= 0.3 is 0 Å². The monoisotopic (exact) mass is 259 g/mol. The van der Waals surface area contributed by atoms with Crippen LogP contribution in [0, 0.1) is 6.92 Å². The van der Waals surface area contributed by atoms with Crippen LogP contribution in [0.1, 0.15) is 12.3 Å². The van der Waals surface area contributed by atoms with Gasteiger partial charge in [0.25, 0.3) is 0 Å². The van der Waals surface area contributed by atoms with E-state index < -0.39 is 0 Å². The Hall–Kier alpha value is -2.37. The van der Waals surface area contributed by atoms with Gasteiger partial charge in [-0.1, -0.05) is 5.16 Å². The minimum atomic E-state index is 0.0280. The molecule has 0 fully saturated rings. The Labute approximate surface area is 110 Å². The maximum Gasteiger partial charge on any atom is 0.230 e. The quantitative estimate of drug-likeness (QED) is 0.781. The first kappa shape index (κ1) is 11.7. The second-order valence-electron chi connectivity index (χ2n) is 4.37. The van der Waals surface area contributed by atoms with Crippen LogP contribution in [0.2, 0.25) is 0 Å². The van der Waals surface area contributed by atoms with Crippen LogP contribution in [-0.2, 0) is 4.79 Å². The number of ether oxygens (including phenoxy) is 1.